The van der Waals surface area contributed by atoms with Gasteiger partial charge >= 0.3 is 5.97 Å². The molecule has 2 amide bonds. The van der Waals surface area contributed by atoms with E-state index in [1.54, 1.807) is 43.3 Å². The van der Waals surface area contributed by atoms with Gasteiger partial charge in [-0.15, -0.1) is 0 Å². The highest BCUT2D eigenvalue weighted by molar-refractivity contribution is 5.95. The fourth-order valence-electron chi connectivity index (χ4n) is 2.10. The van der Waals surface area contributed by atoms with Crippen molar-refractivity contribution in [3.05, 3.63) is 47.7 Å². The van der Waals surface area contributed by atoms with Crippen LogP contribution >= 0.6 is 0 Å². The van der Waals surface area contributed by atoms with Gasteiger partial charge in [0.05, 0.1) is 0 Å². The molecule has 0 unspecified atom stereocenters. The zero-order valence-electron chi connectivity index (χ0n) is 14.1. The van der Waals surface area contributed by atoms with Crippen LogP contribution in [-0.2, 0) is 19.1 Å². The first-order valence-corrected chi connectivity index (χ1v) is 7.63. The number of rotatable bonds is 6. The van der Waals surface area contributed by atoms with Crippen molar-refractivity contribution < 1.29 is 23.6 Å². The van der Waals surface area contributed by atoms with Gasteiger partial charge in [0.25, 0.3) is 5.91 Å². The van der Waals surface area contributed by atoms with Crippen LogP contribution in [-0.4, -0.2) is 29.0 Å². The molecule has 2 aromatic rings. The number of carbonyl (C=O) groups excluding carboxylic acids is 3. The molecule has 1 aromatic carbocycles. The van der Waals surface area contributed by atoms with Gasteiger partial charge in [-0.25, -0.2) is 4.79 Å². The standard InChI is InChI=1S/C17H19N3O5/c1-10-9-14(20-25-10)19-16(22)15(13-7-5-4-6-8-13)24-17(23)11(2)18-12(3)21/h4-9,11,15H,1-3H3,(H,18,21)(H,19,20,22)/t11-,15-/m1/s1. The summed E-state index contributed by atoms with van der Waals surface area (Å²) in [5, 5.41) is 8.64. The molecule has 2 N–H and O–H groups in total. The summed E-state index contributed by atoms with van der Waals surface area (Å²) in [5.74, 6) is -0.932. The molecule has 0 aliphatic heterocycles. The Labute approximate surface area is 144 Å². The van der Waals surface area contributed by atoms with E-state index in [-0.39, 0.29) is 11.7 Å². The second-order valence-corrected chi connectivity index (χ2v) is 5.46. The number of anilines is 1. The Bertz CT molecular complexity index is 757. The molecule has 0 saturated heterocycles. The molecule has 0 radical (unpaired) electrons. The smallest absolute Gasteiger partial charge is 0.329 e. The third-order valence-electron chi connectivity index (χ3n) is 3.23. The van der Waals surface area contributed by atoms with Crippen LogP contribution in [0.1, 0.15) is 31.3 Å². The largest absolute Gasteiger partial charge is 0.446 e. The van der Waals surface area contributed by atoms with Gasteiger partial charge in [0.1, 0.15) is 11.8 Å². The molecule has 0 fully saturated rings. The summed E-state index contributed by atoms with van der Waals surface area (Å²) in [6.45, 7) is 4.45. The lowest BCUT2D eigenvalue weighted by atomic mass is 10.1. The van der Waals surface area contributed by atoms with Crippen LogP contribution in [0.2, 0.25) is 0 Å². The van der Waals surface area contributed by atoms with Crippen LogP contribution in [0.15, 0.2) is 40.9 Å². The topological polar surface area (TPSA) is 111 Å². The van der Waals surface area contributed by atoms with Crippen molar-refractivity contribution >= 4 is 23.6 Å². The third kappa shape index (κ3) is 5.17. The first-order chi connectivity index (χ1) is 11.9. The van der Waals surface area contributed by atoms with E-state index < -0.39 is 24.0 Å². The summed E-state index contributed by atoms with van der Waals surface area (Å²) < 4.78 is 10.2. The van der Waals surface area contributed by atoms with Gasteiger partial charge in [0.15, 0.2) is 5.82 Å². The Hall–Kier alpha value is -3.16. The highest BCUT2D eigenvalue weighted by Crippen LogP contribution is 2.20. The van der Waals surface area contributed by atoms with Crippen molar-refractivity contribution in [3.63, 3.8) is 0 Å². The Morgan fingerprint density at radius 2 is 1.88 bits per heavy atom. The van der Waals surface area contributed by atoms with Crippen LogP contribution in [0, 0.1) is 6.92 Å². The molecule has 0 spiro atoms. The van der Waals surface area contributed by atoms with Gasteiger partial charge in [0, 0.05) is 18.6 Å². The molecule has 8 heteroatoms. The highest BCUT2D eigenvalue weighted by atomic mass is 16.5. The Morgan fingerprint density at radius 3 is 2.44 bits per heavy atom. The summed E-state index contributed by atoms with van der Waals surface area (Å²) in [4.78, 5) is 35.8. The predicted octanol–water partition coefficient (Wildman–Crippen LogP) is 1.73. The number of nitrogens with zero attached hydrogens (tertiary/aromatic N) is 1. The molecular formula is C17H19N3O5. The number of hydrogen-bond acceptors (Lipinski definition) is 6. The van der Waals surface area contributed by atoms with E-state index in [1.807, 2.05) is 0 Å². The van der Waals surface area contributed by atoms with E-state index in [4.69, 9.17) is 9.26 Å². The minimum absolute atomic E-state index is 0.217. The fourth-order valence-corrected chi connectivity index (χ4v) is 2.10. The molecule has 0 aliphatic carbocycles. The molecule has 132 valence electrons. The molecule has 0 bridgehead atoms. The number of benzene rings is 1. The second-order valence-electron chi connectivity index (χ2n) is 5.46. The van der Waals surface area contributed by atoms with E-state index in [2.05, 4.69) is 15.8 Å². The summed E-state index contributed by atoms with van der Waals surface area (Å²) in [6.07, 6.45) is -1.19. The van der Waals surface area contributed by atoms with Crippen LogP contribution in [0.3, 0.4) is 0 Å². The molecule has 0 saturated carbocycles. The lowest BCUT2D eigenvalue weighted by Gasteiger charge is -2.20. The SMILES string of the molecule is CC(=O)N[C@H](C)C(=O)O[C@@H](C(=O)Nc1cc(C)on1)c1ccccc1. The first kappa shape index (κ1) is 18.2. The number of carbonyl (C=O) groups is 3. The van der Waals surface area contributed by atoms with Gasteiger partial charge in [-0.1, -0.05) is 35.5 Å². The zero-order valence-corrected chi connectivity index (χ0v) is 14.1. The molecule has 8 nitrogen and oxygen atoms in total. The molecule has 0 aliphatic rings. The average molecular weight is 345 g/mol. The second kappa shape index (κ2) is 8.09. The summed E-state index contributed by atoms with van der Waals surface area (Å²) in [6, 6.07) is 9.21. The third-order valence-corrected chi connectivity index (χ3v) is 3.23. The molecule has 2 atom stereocenters. The number of nitrogens with one attached hydrogen (secondary N) is 2. The number of hydrogen-bond donors (Lipinski definition) is 2. The molecule has 25 heavy (non-hydrogen) atoms. The van der Waals surface area contributed by atoms with Crippen LogP contribution in [0.25, 0.3) is 0 Å². The Kier molecular flexibility index (Phi) is 5.89. The van der Waals surface area contributed by atoms with Gasteiger partial charge in [-0.2, -0.15) is 0 Å². The zero-order chi connectivity index (χ0) is 18.4. The van der Waals surface area contributed by atoms with Crippen LogP contribution in [0.5, 0.6) is 0 Å². The lowest BCUT2D eigenvalue weighted by Crippen LogP contribution is -2.40. The van der Waals surface area contributed by atoms with Gasteiger partial charge in [-0.05, 0) is 13.8 Å². The quantitative estimate of drug-likeness (QED) is 0.772. The lowest BCUT2D eigenvalue weighted by molar-refractivity contribution is -0.157. The van der Waals surface area contributed by atoms with Crippen molar-refractivity contribution in [1.82, 2.24) is 10.5 Å². The summed E-state index contributed by atoms with van der Waals surface area (Å²) in [5.41, 5.74) is 0.489. The van der Waals surface area contributed by atoms with E-state index in [0.29, 0.717) is 11.3 Å². The first-order valence-electron chi connectivity index (χ1n) is 7.63. The Morgan fingerprint density at radius 1 is 1.20 bits per heavy atom. The van der Waals surface area contributed by atoms with E-state index >= 15 is 0 Å². The number of esters is 1. The summed E-state index contributed by atoms with van der Waals surface area (Å²) in [7, 11) is 0. The molecule has 1 heterocycles. The number of aromatic nitrogens is 1. The normalized spacial score (nSPS) is 12.8. The fraction of sp³-hybridized carbons (Fsp3) is 0.294. The predicted molar refractivity (Wildman–Crippen MR) is 88.4 cm³/mol. The monoisotopic (exact) mass is 345 g/mol. The van der Waals surface area contributed by atoms with Gasteiger partial charge < -0.3 is 19.9 Å². The molecular weight excluding hydrogens is 326 g/mol. The minimum atomic E-state index is -1.19. The maximum atomic E-state index is 12.5. The maximum absolute atomic E-state index is 12.5. The van der Waals surface area contributed by atoms with Crippen LogP contribution < -0.4 is 10.6 Å². The van der Waals surface area contributed by atoms with Crippen molar-refractivity contribution in [2.75, 3.05) is 5.32 Å². The number of aryl methyl sites for hydroxylation is 1. The van der Waals surface area contributed by atoms with Gasteiger partial charge in [0.2, 0.25) is 12.0 Å². The van der Waals surface area contributed by atoms with Crippen molar-refractivity contribution in [1.29, 1.82) is 0 Å². The Balaban J connectivity index is 2.17. The maximum Gasteiger partial charge on any atom is 0.329 e. The molecule has 2 rings (SSSR count). The number of amides is 2. The van der Waals surface area contributed by atoms with Crippen molar-refractivity contribution in [2.24, 2.45) is 0 Å². The number of ether oxygens (including phenoxy) is 1. The minimum Gasteiger partial charge on any atom is -0.446 e. The van der Waals surface area contributed by atoms with Crippen molar-refractivity contribution in [2.45, 2.75) is 32.9 Å². The van der Waals surface area contributed by atoms with E-state index in [9.17, 15) is 14.4 Å². The summed E-state index contributed by atoms with van der Waals surface area (Å²) >= 11 is 0. The average Bonchev–Trinajstić information content (AvgIpc) is 2.97. The molecule has 1 aromatic heterocycles. The van der Waals surface area contributed by atoms with Crippen molar-refractivity contribution in [3.8, 4) is 0 Å². The van der Waals surface area contributed by atoms with Crippen LogP contribution in [0.4, 0.5) is 5.82 Å². The van der Waals surface area contributed by atoms with E-state index in [1.165, 1.54) is 13.8 Å². The highest BCUT2D eigenvalue weighted by Gasteiger charge is 2.28. The van der Waals surface area contributed by atoms with Gasteiger partial charge in [-0.3, -0.25) is 9.59 Å². The van der Waals surface area contributed by atoms with E-state index in [0.717, 1.165) is 0 Å².